The summed E-state index contributed by atoms with van der Waals surface area (Å²) in [6, 6.07) is 0. The van der Waals surface area contributed by atoms with E-state index in [1.165, 1.54) is 0 Å². The van der Waals surface area contributed by atoms with Crippen LogP contribution in [0.25, 0.3) is 0 Å². The second-order valence-electron chi connectivity index (χ2n) is 5.00. The molecule has 1 heterocycles. The summed E-state index contributed by atoms with van der Waals surface area (Å²) in [5.41, 5.74) is -0.678. The van der Waals surface area contributed by atoms with Gasteiger partial charge in [-0.3, -0.25) is 4.90 Å². The third-order valence-electron chi connectivity index (χ3n) is 3.19. The van der Waals surface area contributed by atoms with Gasteiger partial charge in [-0.05, 0) is 26.3 Å². The highest BCUT2D eigenvalue weighted by atomic mass is 19.3. The Morgan fingerprint density at radius 2 is 2.14 bits per heavy atom. The number of hydrogen-bond donors (Lipinski definition) is 1. The largest absolute Gasteiger partial charge is 0.389 e. The molecule has 0 amide bonds. The van der Waals surface area contributed by atoms with Gasteiger partial charge in [-0.25, -0.2) is 8.78 Å². The van der Waals surface area contributed by atoms with Gasteiger partial charge in [0.15, 0.2) is 0 Å². The average Bonchev–Trinajstić information content (AvgIpc) is 2.55. The molecule has 1 aliphatic heterocycles. The SMILES string of the molecule is CC1(O)CCCN(CC2CC2(F)F)C1. The lowest BCUT2D eigenvalue weighted by molar-refractivity contribution is -0.0214. The number of halogens is 2. The van der Waals surface area contributed by atoms with E-state index in [4.69, 9.17) is 0 Å². The van der Waals surface area contributed by atoms with Crippen LogP contribution in [0.1, 0.15) is 26.2 Å². The van der Waals surface area contributed by atoms with Gasteiger partial charge >= 0.3 is 0 Å². The number of piperidine rings is 1. The Kier molecular flexibility index (Phi) is 2.31. The van der Waals surface area contributed by atoms with E-state index in [1.807, 2.05) is 4.90 Å². The summed E-state index contributed by atoms with van der Waals surface area (Å²) in [6.45, 7) is 3.62. The van der Waals surface area contributed by atoms with Crippen molar-refractivity contribution in [2.75, 3.05) is 19.6 Å². The summed E-state index contributed by atoms with van der Waals surface area (Å²) in [5.74, 6) is -2.89. The van der Waals surface area contributed by atoms with Gasteiger partial charge in [0.05, 0.1) is 5.60 Å². The average molecular weight is 205 g/mol. The van der Waals surface area contributed by atoms with Crippen molar-refractivity contribution >= 4 is 0 Å². The molecule has 14 heavy (non-hydrogen) atoms. The van der Waals surface area contributed by atoms with Gasteiger partial charge in [-0.2, -0.15) is 0 Å². The molecule has 0 radical (unpaired) electrons. The van der Waals surface area contributed by atoms with Crippen molar-refractivity contribution in [1.82, 2.24) is 4.90 Å². The van der Waals surface area contributed by atoms with Gasteiger partial charge in [0.1, 0.15) is 0 Å². The molecule has 82 valence electrons. The van der Waals surface area contributed by atoms with Crippen molar-refractivity contribution < 1.29 is 13.9 Å². The van der Waals surface area contributed by atoms with Crippen molar-refractivity contribution in [2.45, 2.75) is 37.7 Å². The lowest BCUT2D eigenvalue weighted by atomic mass is 9.95. The third kappa shape index (κ3) is 2.23. The van der Waals surface area contributed by atoms with E-state index < -0.39 is 17.4 Å². The van der Waals surface area contributed by atoms with E-state index in [9.17, 15) is 13.9 Å². The maximum absolute atomic E-state index is 12.7. The molecule has 4 heteroatoms. The highest BCUT2D eigenvalue weighted by Crippen LogP contribution is 2.49. The standard InChI is InChI=1S/C10H17F2NO/c1-9(14)3-2-4-13(7-9)6-8-5-10(8,11)12/h8,14H,2-7H2,1H3. The molecule has 2 nitrogen and oxygen atoms in total. The molecule has 0 aromatic heterocycles. The quantitative estimate of drug-likeness (QED) is 0.738. The number of hydrogen-bond acceptors (Lipinski definition) is 2. The van der Waals surface area contributed by atoms with E-state index in [0.717, 1.165) is 19.4 Å². The summed E-state index contributed by atoms with van der Waals surface area (Å²) in [7, 11) is 0. The first-order chi connectivity index (χ1) is 6.39. The highest BCUT2D eigenvalue weighted by molar-refractivity contribution is 4.98. The minimum Gasteiger partial charge on any atom is -0.389 e. The molecule has 0 aromatic carbocycles. The number of likely N-dealkylation sites (tertiary alicyclic amines) is 1. The van der Waals surface area contributed by atoms with Crippen LogP contribution >= 0.6 is 0 Å². The molecule has 2 rings (SSSR count). The molecule has 1 aliphatic carbocycles. The third-order valence-corrected chi connectivity index (χ3v) is 3.19. The minimum atomic E-state index is -2.43. The highest BCUT2D eigenvalue weighted by Gasteiger charge is 2.57. The monoisotopic (exact) mass is 205 g/mol. The Balaban J connectivity index is 1.82. The Hall–Kier alpha value is -0.220. The fraction of sp³-hybridized carbons (Fsp3) is 1.00. The van der Waals surface area contributed by atoms with Crippen LogP contribution in [0.4, 0.5) is 8.78 Å². The first-order valence-corrected chi connectivity index (χ1v) is 5.22. The van der Waals surface area contributed by atoms with Crippen LogP contribution in [-0.2, 0) is 0 Å². The Morgan fingerprint density at radius 1 is 1.50 bits per heavy atom. The maximum Gasteiger partial charge on any atom is 0.252 e. The van der Waals surface area contributed by atoms with Crippen molar-refractivity contribution in [3.05, 3.63) is 0 Å². The van der Waals surface area contributed by atoms with Crippen LogP contribution in [0.5, 0.6) is 0 Å². The molecule has 0 bridgehead atoms. The predicted molar refractivity (Wildman–Crippen MR) is 49.4 cm³/mol. The van der Waals surface area contributed by atoms with Crippen LogP contribution in [0.2, 0.25) is 0 Å². The summed E-state index contributed by atoms with van der Waals surface area (Å²) in [4.78, 5) is 1.97. The zero-order valence-corrected chi connectivity index (χ0v) is 8.47. The Labute approximate surface area is 82.9 Å². The predicted octanol–water partition coefficient (Wildman–Crippen LogP) is 1.49. The minimum absolute atomic E-state index is 0.0334. The first-order valence-electron chi connectivity index (χ1n) is 5.22. The van der Waals surface area contributed by atoms with E-state index in [2.05, 4.69) is 0 Å². The number of rotatable bonds is 2. The molecular formula is C10H17F2NO. The molecule has 2 aliphatic rings. The molecule has 0 spiro atoms. The Bertz CT molecular complexity index is 230. The lowest BCUT2D eigenvalue weighted by Crippen LogP contribution is -2.46. The summed E-state index contributed by atoms with van der Waals surface area (Å²) in [6.07, 6.45) is 1.72. The fourth-order valence-electron chi connectivity index (χ4n) is 2.26. The lowest BCUT2D eigenvalue weighted by Gasteiger charge is -2.36. The Morgan fingerprint density at radius 3 is 2.64 bits per heavy atom. The summed E-state index contributed by atoms with van der Waals surface area (Å²) >= 11 is 0. The second-order valence-corrected chi connectivity index (χ2v) is 5.00. The van der Waals surface area contributed by atoms with E-state index in [1.54, 1.807) is 6.92 Å². The molecule has 2 fully saturated rings. The summed E-state index contributed by atoms with van der Waals surface area (Å²) < 4.78 is 25.3. The smallest absolute Gasteiger partial charge is 0.252 e. The van der Waals surface area contributed by atoms with Crippen LogP contribution in [0.3, 0.4) is 0 Å². The number of alkyl halides is 2. The second kappa shape index (κ2) is 3.14. The normalized spacial score (nSPS) is 42.4. The number of aliphatic hydroxyl groups is 1. The summed E-state index contributed by atoms with van der Waals surface area (Å²) in [5, 5.41) is 9.78. The molecule has 1 N–H and O–H groups in total. The number of nitrogens with zero attached hydrogens (tertiary/aromatic N) is 1. The maximum atomic E-state index is 12.7. The van der Waals surface area contributed by atoms with Crippen molar-refractivity contribution in [3.8, 4) is 0 Å². The van der Waals surface area contributed by atoms with Gasteiger partial charge in [0.25, 0.3) is 5.92 Å². The van der Waals surface area contributed by atoms with Gasteiger partial charge in [-0.1, -0.05) is 0 Å². The van der Waals surface area contributed by atoms with Gasteiger partial charge < -0.3 is 5.11 Å². The molecular weight excluding hydrogens is 188 g/mol. The molecule has 0 aromatic rings. The van der Waals surface area contributed by atoms with Crippen molar-refractivity contribution in [2.24, 2.45) is 5.92 Å². The van der Waals surface area contributed by atoms with Gasteiger partial charge in [-0.15, -0.1) is 0 Å². The zero-order chi connectivity index (χ0) is 10.4. The zero-order valence-electron chi connectivity index (χ0n) is 8.47. The van der Waals surface area contributed by atoms with Crippen LogP contribution in [-0.4, -0.2) is 41.2 Å². The van der Waals surface area contributed by atoms with Crippen molar-refractivity contribution in [1.29, 1.82) is 0 Å². The topological polar surface area (TPSA) is 23.5 Å². The van der Waals surface area contributed by atoms with E-state index >= 15 is 0 Å². The number of β-amino-alcohol motifs (C(OH)–C–C–N with tert-alkyl or cyclic N) is 1. The van der Waals surface area contributed by atoms with Crippen LogP contribution in [0.15, 0.2) is 0 Å². The molecule has 2 atom stereocenters. The van der Waals surface area contributed by atoms with Crippen molar-refractivity contribution in [3.63, 3.8) is 0 Å². The fourth-order valence-corrected chi connectivity index (χ4v) is 2.26. The van der Waals surface area contributed by atoms with E-state index in [0.29, 0.717) is 13.1 Å². The van der Waals surface area contributed by atoms with Crippen LogP contribution in [0, 0.1) is 5.92 Å². The van der Waals surface area contributed by atoms with E-state index in [-0.39, 0.29) is 6.42 Å². The first kappa shape index (κ1) is 10.3. The molecule has 2 unspecified atom stereocenters. The van der Waals surface area contributed by atoms with Gasteiger partial charge in [0.2, 0.25) is 0 Å². The van der Waals surface area contributed by atoms with Crippen LogP contribution < -0.4 is 0 Å². The molecule has 1 saturated carbocycles. The molecule has 1 saturated heterocycles. The van der Waals surface area contributed by atoms with Gasteiger partial charge in [0, 0.05) is 25.4 Å².